The first-order valence-corrected chi connectivity index (χ1v) is 7.17. The van der Waals surface area contributed by atoms with Crippen LogP contribution in [0.5, 0.6) is 0 Å². The van der Waals surface area contributed by atoms with Gasteiger partial charge >= 0.3 is 0 Å². The molecule has 0 saturated carbocycles. The van der Waals surface area contributed by atoms with Crippen molar-refractivity contribution in [2.45, 2.75) is 13.5 Å². The normalized spacial score (nSPS) is 13.4. The maximum Gasteiger partial charge on any atom is 0.222 e. The largest absolute Gasteiger partial charge is 0.325 e. The average molecular weight is 293 g/mol. The molecular weight excluding hydrogens is 278 g/mol. The molecule has 6 nitrogen and oxygen atoms in total. The van der Waals surface area contributed by atoms with E-state index < -0.39 is 0 Å². The number of hydrogen-bond acceptors (Lipinski definition) is 4. The fourth-order valence-corrected chi connectivity index (χ4v) is 2.84. The molecule has 0 aliphatic carbocycles. The minimum atomic E-state index is -0.110. The van der Waals surface area contributed by atoms with Crippen molar-refractivity contribution in [3.8, 4) is 0 Å². The maximum absolute atomic E-state index is 11.2. The molecule has 3 heterocycles. The van der Waals surface area contributed by atoms with Crippen LogP contribution in [0.15, 0.2) is 42.7 Å². The van der Waals surface area contributed by atoms with E-state index in [4.69, 9.17) is 0 Å². The van der Waals surface area contributed by atoms with Gasteiger partial charge < -0.3 is 10.2 Å². The maximum atomic E-state index is 11.2. The first-order chi connectivity index (χ1) is 10.7. The van der Waals surface area contributed by atoms with Gasteiger partial charge in [0.25, 0.3) is 0 Å². The van der Waals surface area contributed by atoms with Crippen LogP contribution < -0.4 is 10.2 Å². The third kappa shape index (κ3) is 2.09. The Labute approximate surface area is 127 Å². The van der Waals surface area contributed by atoms with E-state index in [2.05, 4.69) is 38.5 Å². The summed E-state index contributed by atoms with van der Waals surface area (Å²) in [4.78, 5) is 17.5. The second-order valence-electron chi connectivity index (χ2n) is 5.35. The molecule has 4 rings (SSSR count). The van der Waals surface area contributed by atoms with Crippen LogP contribution in [0.4, 0.5) is 17.3 Å². The van der Waals surface area contributed by atoms with E-state index in [1.807, 2.05) is 23.0 Å². The van der Waals surface area contributed by atoms with Gasteiger partial charge in [-0.15, -0.1) is 0 Å². The lowest BCUT2D eigenvalue weighted by Crippen LogP contribution is -2.13. The molecule has 2 aromatic heterocycles. The van der Waals surface area contributed by atoms with Gasteiger partial charge in [-0.3, -0.25) is 9.78 Å². The van der Waals surface area contributed by atoms with E-state index in [0.29, 0.717) is 5.82 Å². The second kappa shape index (κ2) is 4.84. The van der Waals surface area contributed by atoms with Crippen LogP contribution in [0.25, 0.3) is 10.8 Å². The van der Waals surface area contributed by atoms with Crippen LogP contribution >= 0.6 is 0 Å². The molecule has 0 atom stereocenters. The second-order valence-corrected chi connectivity index (χ2v) is 5.35. The predicted octanol–water partition coefficient (Wildman–Crippen LogP) is 2.54. The van der Waals surface area contributed by atoms with Crippen molar-refractivity contribution in [3.05, 3.63) is 42.7 Å². The number of amides is 1. The molecule has 0 bridgehead atoms. The standard InChI is InChI=1S/C16H15N5O/c1-11(22)18-15-9-16-20(6-7-21(16)19-15)14-3-2-13-10-17-5-4-12(13)8-14/h2-5,8-10H,6-7H2,1H3,(H,18,19,22). The highest BCUT2D eigenvalue weighted by Gasteiger charge is 2.23. The molecule has 0 fully saturated rings. The average Bonchev–Trinajstić information content (AvgIpc) is 3.06. The summed E-state index contributed by atoms with van der Waals surface area (Å²) in [5.74, 6) is 1.48. The monoisotopic (exact) mass is 293 g/mol. The molecule has 0 unspecified atom stereocenters. The molecule has 0 spiro atoms. The Bertz CT molecular complexity index is 870. The van der Waals surface area contributed by atoms with Crippen LogP contribution in [0.2, 0.25) is 0 Å². The molecule has 22 heavy (non-hydrogen) atoms. The SMILES string of the molecule is CC(=O)Nc1cc2n(n1)CCN2c1ccc2cnccc2c1. The third-order valence-electron chi connectivity index (χ3n) is 3.81. The number of benzene rings is 1. The minimum absolute atomic E-state index is 0.110. The number of aromatic nitrogens is 3. The van der Waals surface area contributed by atoms with Crippen LogP contribution in [0, 0.1) is 0 Å². The van der Waals surface area contributed by atoms with Gasteiger partial charge in [0.2, 0.25) is 5.91 Å². The van der Waals surface area contributed by atoms with Gasteiger partial charge in [-0.2, -0.15) is 5.10 Å². The Morgan fingerprint density at radius 1 is 1.18 bits per heavy atom. The minimum Gasteiger partial charge on any atom is -0.325 e. The smallest absolute Gasteiger partial charge is 0.222 e. The Morgan fingerprint density at radius 2 is 2.09 bits per heavy atom. The Kier molecular flexibility index (Phi) is 2.82. The van der Waals surface area contributed by atoms with E-state index in [0.717, 1.165) is 35.4 Å². The molecule has 1 aliphatic heterocycles. The van der Waals surface area contributed by atoms with Crippen LogP contribution in [-0.2, 0) is 11.3 Å². The number of nitrogens with one attached hydrogen (secondary N) is 1. The first kappa shape index (κ1) is 12.8. The molecule has 6 heteroatoms. The number of anilines is 3. The highest BCUT2D eigenvalue weighted by Crippen LogP contribution is 2.33. The third-order valence-corrected chi connectivity index (χ3v) is 3.81. The zero-order valence-electron chi connectivity index (χ0n) is 12.2. The Hall–Kier alpha value is -2.89. The summed E-state index contributed by atoms with van der Waals surface area (Å²) in [6.07, 6.45) is 3.66. The quantitative estimate of drug-likeness (QED) is 0.788. The van der Waals surface area contributed by atoms with Gasteiger partial charge in [-0.1, -0.05) is 6.07 Å². The van der Waals surface area contributed by atoms with Crippen LogP contribution in [0.3, 0.4) is 0 Å². The fraction of sp³-hybridized carbons (Fsp3) is 0.188. The zero-order chi connectivity index (χ0) is 15.1. The van der Waals surface area contributed by atoms with Crippen molar-refractivity contribution < 1.29 is 4.79 Å². The van der Waals surface area contributed by atoms with E-state index in [1.165, 1.54) is 6.92 Å². The number of pyridine rings is 1. The number of fused-ring (bicyclic) bond motifs is 2. The van der Waals surface area contributed by atoms with Crippen molar-refractivity contribution in [1.82, 2.24) is 14.8 Å². The lowest BCUT2D eigenvalue weighted by Gasteiger charge is -2.17. The molecule has 1 aliphatic rings. The molecule has 1 amide bonds. The highest BCUT2D eigenvalue weighted by molar-refractivity contribution is 5.89. The number of rotatable bonds is 2. The lowest BCUT2D eigenvalue weighted by molar-refractivity contribution is -0.114. The molecule has 3 aromatic rings. The van der Waals surface area contributed by atoms with E-state index >= 15 is 0 Å². The summed E-state index contributed by atoms with van der Waals surface area (Å²) in [5.41, 5.74) is 1.12. The molecule has 0 radical (unpaired) electrons. The first-order valence-electron chi connectivity index (χ1n) is 7.17. The van der Waals surface area contributed by atoms with Gasteiger partial charge in [-0.25, -0.2) is 4.68 Å². The number of hydrogen-bond donors (Lipinski definition) is 1. The lowest BCUT2D eigenvalue weighted by atomic mass is 10.1. The van der Waals surface area contributed by atoms with Crippen molar-refractivity contribution in [2.24, 2.45) is 0 Å². The summed E-state index contributed by atoms with van der Waals surface area (Å²) in [6.45, 7) is 3.17. The Morgan fingerprint density at radius 3 is 2.95 bits per heavy atom. The summed E-state index contributed by atoms with van der Waals surface area (Å²) >= 11 is 0. The fourth-order valence-electron chi connectivity index (χ4n) is 2.84. The molecule has 110 valence electrons. The molecule has 1 aromatic carbocycles. The topological polar surface area (TPSA) is 63.1 Å². The van der Waals surface area contributed by atoms with Gasteiger partial charge in [0, 0.05) is 43.0 Å². The van der Waals surface area contributed by atoms with E-state index in [1.54, 1.807) is 6.20 Å². The predicted molar refractivity (Wildman–Crippen MR) is 85.3 cm³/mol. The molecular formula is C16H15N5O. The number of carbonyl (C=O) groups excluding carboxylic acids is 1. The molecule has 1 N–H and O–H groups in total. The summed E-state index contributed by atoms with van der Waals surface area (Å²) in [6, 6.07) is 10.2. The van der Waals surface area contributed by atoms with Gasteiger partial charge in [0.15, 0.2) is 5.82 Å². The van der Waals surface area contributed by atoms with Gasteiger partial charge in [0.1, 0.15) is 5.82 Å². The highest BCUT2D eigenvalue weighted by atomic mass is 16.1. The molecule has 0 saturated heterocycles. The van der Waals surface area contributed by atoms with Crippen molar-refractivity contribution >= 4 is 34.0 Å². The summed E-state index contributed by atoms with van der Waals surface area (Å²) in [7, 11) is 0. The number of carbonyl (C=O) groups is 1. The van der Waals surface area contributed by atoms with Gasteiger partial charge in [0.05, 0.1) is 6.54 Å². The number of nitrogens with zero attached hydrogens (tertiary/aromatic N) is 4. The van der Waals surface area contributed by atoms with Crippen molar-refractivity contribution in [1.29, 1.82) is 0 Å². The summed E-state index contributed by atoms with van der Waals surface area (Å²) in [5, 5.41) is 9.41. The van der Waals surface area contributed by atoms with Gasteiger partial charge in [-0.05, 0) is 23.6 Å². The van der Waals surface area contributed by atoms with Crippen LogP contribution in [0.1, 0.15) is 6.92 Å². The van der Waals surface area contributed by atoms with E-state index in [9.17, 15) is 4.79 Å². The van der Waals surface area contributed by atoms with Crippen LogP contribution in [-0.4, -0.2) is 27.2 Å². The zero-order valence-corrected chi connectivity index (χ0v) is 12.2. The van der Waals surface area contributed by atoms with E-state index in [-0.39, 0.29) is 5.91 Å². The van der Waals surface area contributed by atoms with Crippen molar-refractivity contribution in [2.75, 3.05) is 16.8 Å². The summed E-state index contributed by atoms with van der Waals surface area (Å²) < 4.78 is 1.92. The van der Waals surface area contributed by atoms with Crippen molar-refractivity contribution in [3.63, 3.8) is 0 Å². The Balaban J connectivity index is 1.72.